The van der Waals surface area contributed by atoms with Crippen LogP contribution in [0, 0.1) is 0 Å². The summed E-state index contributed by atoms with van der Waals surface area (Å²) in [7, 11) is 0. The van der Waals surface area contributed by atoms with Gasteiger partial charge in [0.1, 0.15) is 0 Å². The summed E-state index contributed by atoms with van der Waals surface area (Å²) in [5, 5.41) is 5.84. The van der Waals surface area contributed by atoms with Gasteiger partial charge in [0.2, 0.25) is 11.8 Å². The molecule has 0 spiro atoms. The van der Waals surface area contributed by atoms with Crippen LogP contribution in [-0.4, -0.2) is 24.4 Å². The van der Waals surface area contributed by atoms with Crippen molar-refractivity contribution in [2.75, 3.05) is 6.54 Å². The molecule has 0 aliphatic heterocycles. The maximum Gasteiger partial charge on any atom is 0.220 e. The second-order valence-electron chi connectivity index (χ2n) is 6.62. The summed E-state index contributed by atoms with van der Waals surface area (Å²) in [6, 6.07) is 0.290. The minimum absolute atomic E-state index is 0.0100. The van der Waals surface area contributed by atoms with E-state index in [2.05, 4.69) is 17.2 Å². The first-order valence-electron chi connectivity index (χ1n) is 9.39. The van der Waals surface area contributed by atoms with Gasteiger partial charge in [-0.1, -0.05) is 63.9 Å². The van der Waals surface area contributed by atoms with Crippen molar-refractivity contribution >= 4 is 11.8 Å². The van der Waals surface area contributed by atoms with Gasteiger partial charge in [0.15, 0.2) is 0 Å². The van der Waals surface area contributed by atoms with Crippen LogP contribution >= 0.6 is 0 Å². The number of nitrogens with one attached hydrogen (secondary N) is 2. The van der Waals surface area contributed by atoms with E-state index < -0.39 is 0 Å². The number of amides is 2. The molecule has 4 heteroatoms. The van der Waals surface area contributed by atoms with Crippen molar-refractivity contribution in [3.8, 4) is 0 Å². The number of carbonyl (C=O) groups is 2. The van der Waals surface area contributed by atoms with Crippen LogP contribution in [0.2, 0.25) is 0 Å². The van der Waals surface area contributed by atoms with Crippen molar-refractivity contribution in [1.29, 1.82) is 0 Å². The Labute approximate surface area is 141 Å². The zero-order valence-corrected chi connectivity index (χ0v) is 14.6. The van der Waals surface area contributed by atoms with Crippen LogP contribution in [0.3, 0.4) is 0 Å². The minimum atomic E-state index is -0.0845. The Morgan fingerprint density at radius 2 is 1.30 bits per heavy atom. The highest BCUT2D eigenvalue weighted by Gasteiger charge is 2.13. The molecule has 2 N–H and O–H groups in total. The number of rotatable bonds is 6. The summed E-state index contributed by atoms with van der Waals surface area (Å²) in [6.45, 7) is 4.02. The topological polar surface area (TPSA) is 58.2 Å². The molecular formula is C19H34N2O2. The fraction of sp³-hybridized carbons (Fsp3) is 0.789. The van der Waals surface area contributed by atoms with Crippen LogP contribution in [-0.2, 0) is 9.59 Å². The standard InChI is InChI=1S/C19H34N2O2/c1-2-16-20-18(22)14-15-19(23)21-17-12-10-8-6-4-3-5-7-9-11-13-17/h2,17H,1,3-16H2,(H,20,22)(H,21,23). The van der Waals surface area contributed by atoms with Gasteiger partial charge in [-0.15, -0.1) is 6.58 Å². The summed E-state index contributed by atoms with van der Waals surface area (Å²) in [6.07, 6.45) is 16.0. The van der Waals surface area contributed by atoms with Crippen molar-refractivity contribution in [2.45, 2.75) is 89.5 Å². The van der Waals surface area contributed by atoms with Gasteiger partial charge in [-0.3, -0.25) is 9.59 Å². The van der Waals surface area contributed by atoms with Crippen LogP contribution in [0.1, 0.15) is 83.5 Å². The van der Waals surface area contributed by atoms with Crippen molar-refractivity contribution in [3.63, 3.8) is 0 Å². The van der Waals surface area contributed by atoms with Gasteiger partial charge in [0.25, 0.3) is 0 Å². The molecule has 132 valence electrons. The summed E-state index contributed by atoms with van der Waals surface area (Å²) in [5.41, 5.74) is 0. The molecule has 0 aromatic rings. The van der Waals surface area contributed by atoms with Crippen molar-refractivity contribution < 1.29 is 9.59 Å². The molecule has 1 aliphatic rings. The zero-order valence-electron chi connectivity index (χ0n) is 14.6. The average molecular weight is 322 g/mol. The van der Waals surface area contributed by atoms with Crippen LogP contribution in [0.25, 0.3) is 0 Å². The van der Waals surface area contributed by atoms with Gasteiger partial charge in [0.05, 0.1) is 0 Å². The quantitative estimate of drug-likeness (QED) is 0.730. The highest BCUT2D eigenvalue weighted by atomic mass is 16.2. The molecule has 0 unspecified atom stereocenters. The van der Waals surface area contributed by atoms with E-state index in [0.717, 1.165) is 12.8 Å². The second-order valence-corrected chi connectivity index (χ2v) is 6.62. The van der Waals surface area contributed by atoms with Crippen molar-refractivity contribution in [3.05, 3.63) is 12.7 Å². The van der Waals surface area contributed by atoms with E-state index in [0.29, 0.717) is 6.54 Å². The third-order valence-corrected chi connectivity index (χ3v) is 4.49. The molecule has 0 aromatic carbocycles. The molecule has 1 fully saturated rings. The summed E-state index contributed by atoms with van der Waals surface area (Å²) < 4.78 is 0. The lowest BCUT2D eigenvalue weighted by molar-refractivity contribution is -0.126. The monoisotopic (exact) mass is 322 g/mol. The van der Waals surface area contributed by atoms with Crippen molar-refractivity contribution in [1.82, 2.24) is 10.6 Å². The van der Waals surface area contributed by atoms with Gasteiger partial charge in [-0.25, -0.2) is 0 Å². The highest BCUT2D eigenvalue weighted by Crippen LogP contribution is 2.17. The molecule has 2 amide bonds. The van der Waals surface area contributed by atoms with E-state index in [1.54, 1.807) is 6.08 Å². The second kappa shape index (κ2) is 13.1. The van der Waals surface area contributed by atoms with Gasteiger partial charge >= 0.3 is 0 Å². The highest BCUT2D eigenvalue weighted by molar-refractivity contribution is 5.83. The van der Waals surface area contributed by atoms with Crippen molar-refractivity contribution in [2.24, 2.45) is 0 Å². The van der Waals surface area contributed by atoms with E-state index in [9.17, 15) is 9.59 Å². The van der Waals surface area contributed by atoms with Gasteiger partial charge in [0, 0.05) is 25.4 Å². The lowest BCUT2D eigenvalue weighted by Gasteiger charge is -2.19. The normalized spacial score (nSPS) is 18.3. The summed E-state index contributed by atoms with van der Waals surface area (Å²) in [5.74, 6) is -0.0745. The van der Waals surface area contributed by atoms with E-state index >= 15 is 0 Å². The molecule has 0 bridgehead atoms. The first kappa shape index (κ1) is 19.7. The summed E-state index contributed by atoms with van der Waals surface area (Å²) in [4.78, 5) is 23.6. The van der Waals surface area contributed by atoms with Gasteiger partial charge < -0.3 is 10.6 Å². The number of hydrogen-bond acceptors (Lipinski definition) is 2. The lowest BCUT2D eigenvalue weighted by Crippen LogP contribution is -2.35. The van der Waals surface area contributed by atoms with E-state index in [4.69, 9.17) is 0 Å². The first-order valence-corrected chi connectivity index (χ1v) is 9.39. The summed E-state index contributed by atoms with van der Waals surface area (Å²) >= 11 is 0. The Morgan fingerprint density at radius 3 is 1.83 bits per heavy atom. The van der Waals surface area contributed by atoms with E-state index in [1.807, 2.05) is 0 Å². The van der Waals surface area contributed by atoms with E-state index in [1.165, 1.54) is 57.8 Å². The van der Waals surface area contributed by atoms with Crippen LogP contribution in [0.4, 0.5) is 0 Å². The van der Waals surface area contributed by atoms with Crippen LogP contribution in [0.5, 0.6) is 0 Å². The Balaban J connectivity index is 2.27. The third kappa shape index (κ3) is 10.9. The number of carbonyl (C=O) groups excluding carboxylic acids is 2. The SMILES string of the molecule is C=CCNC(=O)CCC(=O)NC1CCCCCCCCCCC1. The predicted molar refractivity (Wildman–Crippen MR) is 95.2 cm³/mol. The molecule has 4 nitrogen and oxygen atoms in total. The Bertz CT molecular complexity index is 343. The van der Waals surface area contributed by atoms with Crippen LogP contribution in [0.15, 0.2) is 12.7 Å². The molecule has 0 heterocycles. The maximum absolute atomic E-state index is 12.1. The molecule has 0 aromatic heterocycles. The number of hydrogen-bond donors (Lipinski definition) is 2. The van der Waals surface area contributed by atoms with Gasteiger partial charge in [-0.2, -0.15) is 0 Å². The average Bonchev–Trinajstić information content (AvgIpc) is 2.53. The van der Waals surface area contributed by atoms with Gasteiger partial charge in [-0.05, 0) is 12.8 Å². The molecule has 1 saturated carbocycles. The minimum Gasteiger partial charge on any atom is -0.353 e. The molecule has 23 heavy (non-hydrogen) atoms. The Kier molecular flexibility index (Phi) is 11.3. The zero-order chi connectivity index (χ0) is 16.8. The van der Waals surface area contributed by atoms with E-state index in [-0.39, 0.29) is 30.7 Å². The molecule has 1 rings (SSSR count). The molecule has 1 aliphatic carbocycles. The predicted octanol–water partition coefficient (Wildman–Crippen LogP) is 3.86. The fourth-order valence-electron chi connectivity index (χ4n) is 3.11. The molecule has 0 atom stereocenters. The first-order chi connectivity index (χ1) is 11.2. The molecular weight excluding hydrogens is 288 g/mol. The largest absolute Gasteiger partial charge is 0.353 e. The van der Waals surface area contributed by atoms with Crippen LogP contribution < -0.4 is 10.6 Å². The lowest BCUT2D eigenvalue weighted by atomic mass is 9.98. The maximum atomic E-state index is 12.1. The Hall–Kier alpha value is -1.32. The smallest absolute Gasteiger partial charge is 0.220 e. The molecule has 0 saturated heterocycles. The fourth-order valence-corrected chi connectivity index (χ4v) is 3.11. The molecule has 0 radical (unpaired) electrons. The Morgan fingerprint density at radius 1 is 0.826 bits per heavy atom. The third-order valence-electron chi connectivity index (χ3n) is 4.49.